The molecule has 1 aromatic heterocycles. The number of amides is 1. The molecule has 2 aromatic rings. The normalized spacial score (nSPS) is 18.8. The minimum Gasteiger partial charge on any atom is -0.289 e. The van der Waals surface area contributed by atoms with Gasteiger partial charge in [0.25, 0.3) is 0 Å². The van der Waals surface area contributed by atoms with Gasteiger partial charge in [0.1, 0.15) is 5.69 Å². The quantitative estimate of drug-likeness (QED) is 0.874. The number of carbonyl (C=O) groups is 1. The van der Waals surface area contributed by atoms with Gasteiger partial charge in [0, 0.05) is 12.3 Å². The maximum Gasteiger partial charge on any atom is 0.229 e. The number of anilines is 1. The molecule has 0 radical (unpaired) electrons. The van der Waals surface area contributed by atoms with E-state index in [0.717, 1.165) is 11.3 Å². The molecule has 1 amide bonds. The molecular weight excluding hydrogens is 228 g/mol. The lowest BCUT2D eigenvalue weighted by Gasteiger charge is -2.27. The lowest BCUT2D eigenvalue weighted by atomic mass is 9.98. The summed E-state index contributed by atoms with van der Waals surface area (Å²) in [6, 6.07) is 9.91. The van der Waals surface area contributed by atoms with Crippen LogP contribution in [0.3, 0.4) is 0 Å². The van der Waals surface area contributed by atoms with Crippen molar-refractivity contribution in [2.75, 3.05) is 4.90 Å². The summed E-state index contributed by atoms with van der Waals surface area (Å²) in [6.07, 6.45) is 0.492. The average Bonchev–Trinajstić information content (AvgIpc) is 2.85. The van der Waals surface area contributed by atoms with Crippen molar-refractivity contribution in [3.63, 3.8) is 0 Å². The minimum atomic E-state index is 0.104. The molecule has 0 spiro atoms. The molecule has 1 aliphatic heterocycles. The zero-order chi connectivity index (χ0) is 12.5. The number of hydrogen-bond donors (Lipinski definition) is 1. The van der Waals surface area contributed by atoms with Gasteiger partial charge >= 0.3 is 0 Å². The Labute approximate surface area is 105 Å². The Morgan fingerprint density at radius 1 is 1.33 bits per heavy atom. The Morgan fingerprint density at radius 3 is 2.89 bits per heavy atom. The van der Waals surface area contributed by atoms with Crippen LogP contribution in [0.1, 0.15) is 30.5 Å². The van der Waals surface area contributed by atoms with Crippen LogP contribution in [0.5, 0.6) is 0 Å². The van der Waals surface area contributed by atoms with Crippen LogP contribution in [-0.2, 0) is 11.3 Å². The SMILES string of the molecule is CC1CC(=O)N(Cc2ccccc2)c2n[nH]nc21. The Kier molecular flexibility index (Phi) is 2.59. The van der Waals surface area contributed by atoms with Gasteiger partial charge in [0.15, 0.2) is 5.82 Å². The molecular formula is C13H14N4O. The first-order valence-electron chi connectivity index (χ1n) is 6.00. The second kappa shape index (κ2) is 4.25. The highest BCUT2D eigenvalue weighted by Gasteiger charge is 2.32. The molecule has 0 bridgehead atoms. The van der Waals surface area contributed by atoms with Crippen LogP contribution in [-0.4, -0.2) is 21.3 Å². The summed E-state index contributed by atoms with van der Waals surface area (Å²) < 4.78 is 0. The molecule has 5 heteroatoms. The van der Waals surface area contributed by atoms with E-state index in [2.05, 4.69) is 15.4 Å². The lowest BCUT2D eigenvalue weighted by molar-refractivity contribution is -0.119. The fourth-order valence-electron chi connectivity index (χ4n) is 2.28. The third-order valence-electron chi connectivity index (χ3n) is 3.24. The topological polar surface area (TPSA) is 61.9 Å². The van der Waals surface area contributed by atoms with E-state index in [4.69, 9.17) is 0 Å². The number of benzene rings is 1. The van der Waals surface area contributed by atoms with Gasteiger partial charge in [-0.1, -0.05) is 37.3 Å². The van der Waals surface area contributed by atoms with E-state index in [0.29, 0.717) is 18.8 Å². The van der Waals surface area contributed by atoms with E-state index in [1.807, 2.05) is 37.3 Å². The smallest absolute Gasteiger partial charge is 0.229 e. The summed E-state index contributed by atoms with van der Waals surface area (Å²) in [4.78, 5) is 13.8. The van der Waals surface area contributed by atoms with Crippen molar-refractivity contribution in [1.82, 2.24) is 15.4 Å². The predicted molar refractivity (Wildman–Crippen MR) is 67.0 cm³/mol. The van der Waals surface area contributed by atoms with Crippen LogP contribution >= 0.6 is 0 Å². The summed E-state index contributed by atoms with van der Waals surface area (Å²) in [7, 11) is 0. The Hall–Kier alpha value is -2.17. The van der Waals surface area contributed by atoms with Crippen LogP contribution in [0, 0.1) is 0 Å². The summed E-state index contributed by atoms with van der Waals surface area (Å²) in [5, 5.41) is 10.9. The monoisotopic (exact) mass is 242 g/mol. The Balaban J connectivity index is 1.93. The van der Waals surface area contributed by atoms with Crippen molar-refractivity contribution in [2.24, 2.45) is 0 Å². The number of nitrogens with one attached hydrogen (secondary N) is 1. The molecule has 1 aliphatic rings. The molecule has 1 atom stereocenters. The maximum absolute atomic E-state index is 12.1. The third-order valence-corrected chi connectivity index (χ3v) is 3.24. The fraction of sp³-hybridized carbons (Fsp3) is 0.308. The minimum absolute atomic E-state index is 0.104. The fourth-order valence-corrected chi connectivity index (χ4v) is 2.28. The molecule has 3 rings (SSSR count). The number of carbonyl (C=O) groups excluding carboxylic acids is 1. The number of aromatic amines is 1. The van der Waals surface area contributed by atoms with Crippen molar-refractivity contribution < 1.29 is 4.79 Å². The molecule has 1 unspecified atom stereocenters. The van der Waals surface area contributed by atoms with Gasteiger partial charge in [-0.25, -0.2) is 0 Å². The number of fused-ring (bicyclic) bond motifs is 1. The second-order valence-corrected chi connectivity index (χ2v) is 4.60. The van der Waals surface area contributed by atoms with Crippen molar-refractivity contribution >= 4 is 11.7 Å². The number of rotatable bonds is 2. The first-order chi connectivity index (χ1) is 8.75. The second-order valence-electron chi connectivity index (χ2n) is 4.60. The number of aromatic nitrogens is 3. The summed E-state index contributed by atoms with van der Waals surface area (Å²) >= 11 is 0. The largest absolute Gasteiger partial charge is 0.289 e. The van der Waals surface area contributed by atoms with E-state index in [9.17, 15) is 4.79 Å². The van der Waals surface area contributed by atoms with Gasteiger partial charge in [-0.15, -0.1) is 5.10 Å². The van der Waals surface area contributed by atoms with Crippen LogP contribution < -0.4 is 4.90 Å². The molecule has 0 saturated heterocycles. The van der Waals surface area contributed by atoms with Crippen molar-refractivity contribution in [3.05, 3.63) is 41.6 Å². The molecule has 1 N–H and O–H groups in total. The Morgan fingerprint density at radius 2 is 2.11 bits per heavy atom. The summed E-state index contributed by atoms with van der Waals surface area (Å²) in [5.74, 6) is 0.911. The molecule has 18 heavy (non-hydrogen) atoms. The standard InChI is InChI=1S/C13H14N4O/c1-9-7-11(18)17(13-12(9)14-16-15-13)8-10-5-3-2-4-6-10/h2-6,9H,7-8H2,1H3,(H,14,15,16). The van der Waals surface area contributed by atoms with Gasteiger partial charge in [-0.05, 0) is 5.56 Å². The van der Waals surface area contributed by atoms with E-state index < -0.39 is 0 Å². The maximum atomic E-state index is 12.1. The summed E-state index contributed by atoms with van der Waals surface area (Å²) in [6.45, 7) is 2.55. The average molecular weight is 242 g/mol. The van der Waals surface area contributed by atoms with Gasteiger partial charge in [0.05, 0.1) is 6.54 Å². The highest BCUT2D eigenvalue weighted by molar-refractivity contribution is 5.95. The number of nitrogens with zero attached hydrogens (tertiary/aromatic N) is 3. The van der Waals surface area contributed by atoms with Crippen LogP contribution in [0.4, 0.5) is 5.82 Å². The molecule has 0 fully saturated rings. The van der Waals surface area contributed by atoms with Gasteiger partial charge in [0.2, 0.25) is 5.91 Å². The van der Waals surface area contributed by atoms with E-state index in [-0.39, 0.29) is 11.8 Å². The molecule has 0 saturated carbocycles. The highest BCUT2D eigenvalue weighted by Crippen LogP contribution is 2.32. The van der Waals surface area contributed by atoms with Crippen LogP contribution in [0.2, 0.25) is 0 Å². The van der Waals surface area contributed by atoms with Crippen molar-refractivity contribution in [1.29, 1.82) is 0 Å². The first kappa shape index (κ1) is 11.0. The first-order valence-corrected chi connectivity index (χ1v) is 6.00. The van der Waals surface area contributed by atoms with Gasteiger partial charge in [-0.2, -0.15) is 10.3 Å². The molecule has 92 valence electrons. The van der Waals surface area contributed by atoms with Crippen LogP contribution in [0.15, 0.2) is 30.3 Å². The van der Waals surface area contributed by atoms with Gasteiger partial charge < -0.3 is 0 Å². The molecule has 0 aliphatic carbocycles. The molecule has 2 heterocycles. The molecule has 5 nitrogen and oxygen atoms in total. The molecule has 1 aromatic carbocycles. The Bertz CT molecular complexity index is 563. The lowest BCUT2D eigenvalue weighted by Crippen LogP contribution is -2.35. The highest BCUT2D eigenvalue weighted by atomic mass is 16.2. The number of H-pyrrole nitrogens is 1. The van der Waals surface area contributed by atoms with Crippen molar-refractivity contribution in [3.8, 4) is 0 Å². The zero-order valence-corrected chi connectivity index (χ0v) is 10.1. The van der Waals surface area contributed by atoms with Gasteiger partial charge in [-0.3, -0.25) is 9.69 Å². The van der Waals surface area contributed by atoms with E-state index >= 15 is 0 Å². The number of hydrogen-bond acceptors (Lipinski definition) is 3. The van der Waals surface area contributed by atoms with E-state index in [1.165, 1.54) is 0 Å². The third kappa shape index (κ3) is 1.77. The zero-order valence-electron chi connectivity index (χ0n) is 10.1. The summed E-state index contributed by atoms with van der Waals surface area (Å²) in [5.41, 5.74) is 1.97. The van der Waals surface area contributed by atoms with E-state index in [1.54, 1.807) is 4.90 Å². The predicted octanol–water partition coefficient (Wildman–Crippen LogP) is 1.85. The van der Waals surface area contributed by atoms with Crippen LogP contribution in [0.25, 0.3) is 0 Å². The van der Waals surface area contributed by atoms with Crippen molar-refractivity contribution in [2.45, 2.75) is 25.8 Å².